The number of hydrogen-bond donors (Lipinski definition) is 1. The van der Waals surface area contributed by atoms with Gasteiger partial charge in [-0.15, -0.1) is 0 Å². The standard InChI is InChI=1S/C21H26N4O2/c1-4-25-23-18(21(24-25)17-8-6-5-7-9-17)15-22-13-12-16-10-11-19(26-2)20(14-16)27-3/h5-11,14,22H,4,12-13,15H2,1-3H3. The van der Waals surface area contributed by atoms with Crippen molar-refractivity contribution in [3.63, 3.8) is 0 Å². The van der Waals surface area contributed by atoms with Crippen molar-refractivity contribution in [2.24, 2.45) is 0 Å². The van der Waals surface area contributed by atoms with Crippen molar-refractivity contribution in [2.75, 3.05) is 20.8 Å². The van der Waals surface area contributed by atoms with Gasteiger partial charge in [-0.25, -0.2) is 0 Å². The van der Waals surface area contributed by atoms with E-state index >= 15 is 0 Å². The summed E-state index contributed by atoms with van der Waals surface area (Å²) in [5.41, 5.74) is 4.20. The number of nitrogens with one attached hydrogen (secondary N) is 1. The summed E-state index contributed by atoms with van der Waals surface area (Å²) in [6, 6.07) is 16.2. The molecule has 142 valence electrons. The fraction of sp³-hybridized carbons (Fsp3) is 0.333. The van der Waals surface area contributed by atoms with E-state index in [9.17, 15) is 0 Å². The molecule has 0 aliphatic carbocycles. The zero-order valence-corrected chi connectivity index (χ0v) is 16.1. The molecule has 6 heteroatoms. The van der Waals surface area contributed by atoms with Gasteiger partial charge in [0.25, 0.3) is 0 Å². The average Bonchev–Trinajstić information content (AvgIpc) is 3.15. The quantitative estimate of drug-likeness (QED) is 0.589. The predicted molar refractivity (Wildman–Crippen MR) is 106 cm³/mol. The van der Waals surface area contributed by atoms with Gasteiger partial charge in [-0.2, -0.15) is 15.0 Å². The SMILES string of the molecule is CCn1nc(CNCCc2ccc(OC)c(OC)c2)c(-c2ccccc2)n1. The molecule has 0 unspecified atom stereocenters. The molecule has 0 aliphatic rings. The van der Waals surface area contributed by atoms with Crippen LogP contribution in [0.1, 0.15) is 18.2 Å². The summed E-state index contributed by atoms with van der Waals surface area (Å²) in [4.78, 5) is 1.74. The molecule has 0 fully saturated rings. The Kier molecular flexibility index (Phi) is 6.44. The lowest BCUT2D eigenvalue weighted by Crippen LogP contribution is -2.17. The van der Waals surface area contributed by atoms with Crippen molar-refractivity contribution in [3.8, 4) is 22.8 Å². The normalized spacial score (nSPS) is 10.8. The molecule has 2 aromatic carbocycles. The molecule has 1 aromatic heterocycles. The Balaban J connectivity index is 1.62. The number of aromatic nitrogens is 3. The number of benzene rings is 2. The van der Waals surface area contributed by atoms with E-state index in [2.05, 4.69) is 33.7 Å². The molecule has 0 saturated heterocycles. The summed E-state index contributed by atoms with van der Waals surface area (Å²) in [6.07, 6.45) is 0.892. The van der Waals surface area contributed by atoms with Crippen molar-refractivity contribution in [2.45, 2.75) is 26.4 Å². The first-order valence-corrected chi connectivity index (χ1v) is 9.16. The van der Waals surface area contributed by atoms with E-state index in [4.69, 9.17) is 9.47 Å². The van der Waals surface area contributed by atoms with E-state index in [-0.39, 0.29) is 0 Å². The van der Waals surface area contributed by atoms with Gasteiger partial charge in [-0.3, -0.25) is 0 Å². The van der Waals surface area contributed by atoms with Crippen molar-refractivity contribution in [1.29, 1.82) is 0 Å². The molecule has 0 radical (unpaired) electrons. The summed E-state index contributed by atoms with van der Waals surface area (Å²) in [5, 5.41) is 12.7. The molecule has 6 nitrogen and oxygen atoms in total. The molecule has 3 rings (SSSR count). The van der Waals surface area contributed by atoms with Crippen LogP contribution in [0.2, 0.25) is 0 Å². The van der Waals surface area contributed by atoms with Crippen LogP contribution in [0.15, 0.2) is 48.5 Å². The minimum Gasteiger partial charge on any atom is -0.493 e. The van der Waals surface area contributed by atoms with Gasteiger partial charge in [0.05, 0.1) is 20.8 Å². The average molecular weight is 366 g/mol. The molecule has 27 heavy (non-hydrogen) atoms. The van der Waals surface area contributed by atoms with E-state index in [1.54, 1.807) is 19.0 Å². The van der Waals surface area contributed by atoms with Crippen LogP contribution in [0.3, 0.4) is 0 Å². The van der Waals surface area contributed by atoms with Gasteiger partial charge >= 0.3 is 0 Å². The predicted octanol–water partition coefficient (Wildman–Crippen LogP) is 3.31. The zero-order valence-electron chi connectivity index (χ0n) is 16.1. The van der Waals surface area contributed by atoms with Gasteiger partial charge in [0.1, 0.15) is 11.4 Å². The number of hydrogen-bond acceptors (Lipinski definition) is 5. The van der Waals surface area contributed by atoms with Crippen LogP contribution in [-0.2, 0) is 19.5 Å². The Labute approximate surface area is 160 Å². The number of nitrogens with zero attached hydrogens (tertiary/aromatic N) is 3. The summed E-state index contributed by atoms with van der Waals surface area (Å²) in [6.45, 7) is 4.31. The summed E-state index contributed by atoms with van der Waals surface area (Å²) < 4.78 is 10.7. The molecule has 0 spiro atoms. The second-order valence-corrected chi connectivity index (χ2v) is 6.17. The van der Waals surface area contributed by atoms with Crippen LogP contribution < -0.4 is 14.8 Å². The maximum Gasteiger partial charge on any atom is 0.160 e. The number of rotatable bonds is 9. The summed E-state index contributed by atoms with van der Waals surface area (Å²) >= 11 is 0. The lowest BCUT2D eigenvalue weighted by molar-refractivity contribution is 0.354. The smallest absolute Gasteiger partial charge is 0.160 e. The number of ether oxygens (including phenoxy) is 2. The minimum atomic E-state index is 0.678. The Hall–Kier alpha value is -2.86. The van der Waals surface area contributed by atoms with Crippen molar-refractivity contribution in [1.82, 2.24) is 20.3 Å². The van der Waals surface area contributed by atoms with E-state index in [0.717, 1.165) is 48.0 Å². The largest absolute Gasteiger partial charge is 0.493 e. The highest BCUT2D eigenvalue weighted by molar-refractivity contribution is 5.60. The Morgan fingerprint density at radius 1 is 0.963 bits per heavy atom. The fourth-order valence-electron chi connectivity index (χ4n) is 2.94. The molecule has 3 aromatic rings. The third-order valence-electron chi connectivity index (χ3n) is 4.39. The Morgan fingerprint density at radius 3 is 2.44 bits per heavy atom. The zero-order chi connectivity index (χ0) is 19.1. The molecular formula is C21H26N4O2. The summed E-state index contributed by atoms with van der Waals surface area (Å²) in [5.74, 6) is 1.50. The van der Waals surface area contributed by atoms with Crippen LogP contribution in [0, 0.1) is 0 Å². The first kappa shape index (κ1) is 18.9. The molecular weight excluding hydrogens is 340 g/mol. The third kappa shape index (κ3) is 4.65. The van der Waals surface area contributed by atoms with Crippen LogP contribution in [0.4, 0.5) is 0 Å². The highest BCUT2D eigenvalue weighted by atomic mass is 16.5. The first-order chi connectivity index (χ1) is 13.2. The van der Waals surface area contributed by atoms with Gasteiger partial charge in [0.2, 0.25) is 0 Å². The van der Waals surface area contributed by atoms with Gasteiger partial charge < -0.3 is 14.8 Å². The topological polar surface area (TPSA) is 61.2 Å². The highest BCUT2D eigenvalue weighted by Crippen LogP contribution is 2.27. The van der Waals surface area contributed by atoms with Crippen molar-refractivity contribution in [3.05, 3.63) is 59.8 Å². The maximum absolute atomic E-state index is 5.37. The van der Waals surface area contributed by atoms with E-state index in [1.807, 2.05) is 37.3 Å². The summed E-state index contributed by atoms with van der Waals surface area (Å²) in [7, 11) is 3.30. The Morgan fingerprint density at radius 2 is 1.74 bits per heavy atom. The fourth-order valence-corrected chi connectivity index (χ4v) is 2.94. The monoisotopic (exact) mass is 366 g/mol. The molecule has 0 bridgehead atoms. The van der Waals surface area contributed by atoms with Gasteiger partial charge in [0, 0.05) is 12.1 Å². The lowest BCUT2D eigenvalue weighted by Gasteiger charge is -2.10. The Bertz CT molecular complexity index is 862. The second kappa shape index (κ2) is 9.19. The van der Waals surface area contributed by atoms with Crippen LogP contribution in [0.5, 0.6) is 11.5 Å². The molecule has 1 heterocycles. The van der Waals surface area contributed by atoms with Gasteiger partial charge in [0.15, 0.2) is 11.5 Å². The lowest BCUT2D eigenvalue weighted by atomic mass is 10.1. The molecule has 0 aliphatic heterocycles. The number of methoxy groups -OCH3 is 2. The van der Waals surface area contributed by atoms with Crippen LogP contribution in [0.25, 0.3) is 11.3 Å². The van der Waals surface area contributed by atoms with Crippen LogP contribution >= 0.6 is 0 Å². The van der Waals surface area contributed by atoms with Gasteiger partial charge in [-0.05, 0) is 37.6 Å². The molecule has 0 atom stereocenters. The van der Waals surface area contributed by atoms with E-state index < -0.39 is 0 Å². The molecule has 0 amide bonds. The van der Waals surface area contributed by atoms with Crippen molar-refractivity contribution >= 4 is 0 Å². The first-order valence-electron chi connectivity index (χ1n) is 9.16. The highest BCUT2D eigenvalue weighted by Gasteiger charge is 2.12. The minimum absolute atomic E-state index is 0.678. The third-order valence-corrected chi connectivity index (χ3v) is 4.39. The van der Waals surface area contributed by atoms with E-state index in [1.165, 1.54) is 5.56 Å². The number of aryl methyl sites for hydroxylation is 1. The molecule has 0 saturated carbocycles. The second-order valence-electron chi connectivity index (χ2n) is 6.17. The van der Waals surface area contributed by atoms with Crippen molar-refractivity contribution < 1.29 is 9.47 Å². The maximum atomic E-state index is 5.37. The van der Waals surface area contributed by atoms with E-state index in [0.29, 0.717) is 6.54 Å². The van der Waals surface area contributed by atoms with Crippen LogP contribution in [-0.4, -0.2) is 35.8 Å². The molecule has 1 N–H and O–H groups in total. The van der Waals surface area contributed by atoms with Gasteiger partial charge in [-0.1, -0.05) is 36.4 Å².